The first-order valence-corrected chi connectivity index (χ1v) is 7.13. The fourth-order valence-corrected chi connectivity index (χ4v) is 2.20. The smallest absolute Gasteiger partial charge is 0.234 e. The number of thioether (sulfide) groups is 1. The molecule has 2 rings (SSSR count). The third-order valence-electron chi connectivity index (χ3n) is 2.29. The van der Waals surface area contributed by atoms with E-state index in [1.807, 2.05) is 6.92 Å². The normalized spacial score (nSPS) is 10.4. The quantitative estimate of drug-likeness (QED) is 0.832. The SMILES string of the molecule is CCc1nc(SCC(=O)Nc2cccc(Cl)c2)n[nH]1. The summed E-state index contributed by atoms with van der Waals surface area (Å²) in [4.78, 5) is 15.9. The van der Waals surface area contributed by atoms with E-state index >= 15 is 0 Å². The fourth-order valence-electron chi connectivity index (χ4n) is 1.39. The molecule has 1 amide bonds. The van der Waals surface area contributed by atoms with Crippen LogP contribution in [0.25, 0.3) is 0 Å². The van der Waals surface area contributed by atoms with Gasteiger partial charge in [-0.05, 0) is 18.2 Å². The molecule has 1 aromatic carbocycles. The highest BCUT2D eigenvalue weighted by Crippen LogP contribution is 2.16. The summed E-state index contributed by atoms with van der Waals surface area (Å²) in [6, 6.07) is 7.03. The van der Waals surface area contributed by atoms with Crippen LogP contribution in [-0.2, 0) is 11.2 Å². The first-order chi connectivity index (χ1) is 9.17. The molecule has 0 radical (unpaired) electrons. The Balaban J connectivity index is 1.84. The van der Waals surface area contributed by atoms with Gasteiger partial charge in [-0.3, -0.25) is 9.89 Å². The number of hydrogen-bond acceptors (Lipinski definition) is 4. The van der Waals surface area contributed by atoms with Gasteiger partial charge in [0.15, 0.2) is 0 Å². The summed E-state index contributed by atoms with van der Waals surface area (Å²) in [6.45, 7) is 1.99. The van der Waals surface area contributed by atoms with Crippen LogP contribution in [0, 0.1) is 0 Å². The van der Waals surface area contributed by atoms with Gasteiger partial charge in [-0.25, -0.2) is 4.98 Å². The van der Waals surface area contributed by atoms with Gasteiger partial charge in [-0.1, -0.05) is 36.4 Å². The van der Waals surface area contributed by atoms with E-state index in [9.17, 15) is 4.79 Å². The number of anilines is 1. The van der Waals surface area contributed by atoms with Gasteiger partial charge in [-0.15, -0.1) is 5.10 Å². The average Bonchev–Trinajstić information content (AvgIpc) is 2.84. The van der Waals surface area contributed by atoms with Crippen LogP contribution < -0.4 is 5.32 Å². The second kappa shape index (κ2) is 6.58. The Kier molecular flexibility index (Phi) is 4.81. The van der Waals surface area contributed by atoms with Crippen molar-refractivity contribution in [1.82, 2.24) is 15.2 Å². The number of aromatic nitrogens is 3. The molecule has 0 unspecified atom stereocenters. The number of H-pyrrole nitrogens is 1. The molecule has 0 spiro atoms. The van der Waals surface area contributed by atoms with Crippen LogP contribution in [0.5, 0.6) is 0 Å². The number of benzene rings is 1. The zero-order valence-electron chi connectivity index (χ0n) is 10.3. The van der Waals surface area contributed by atoms with Gasteiger partial charge in [0, 0.05) is 17.1 Å². The number of hydrogen-bond donors (Lipinski definition) is 2. The highest BCUT2D eigenvalue weighted by atomic mass is 35.5. The maximum absolute atomic E-state index is 11.7. The lowest BCUT2D eigenvalue weighted by Gasteiger charge is -2.03. The van der Waals surface area contributed by atoms with Gasteiger partial charge in [0.1, 0.15) is 5.82 Å². The molecule has 0 saturated heterocycles. The van der Waals surface area contributed by atoms with Gasteiger partial charge in [0.05, 0.1) is 5.75 Å². The van der Waals surface area contributed by atoms with E-state index in [1.165, 1.54) is 11.8 Å². The summed E-state index contributed by atoms with van der Waals surface area (Å²) in [5, 5.41) is 10.7. The molecule has 100 valence electrons. The number of aryl methyl sites for hydroxylation is 1. The molecule has 19 heavy (non-hydrogen) atoms. The van der Waals surface area contributed by atoms with Crippen molar-refractivity contribution in [2.45, 2.75) is 18.5 Å². The number of nitrogens with zero attached hydrogens (tertiary/aromatic N) is 2. The van der Waals surface area contributed by atoms with Crippen molar-refractivity contribution in [1.29, 1.82) is 0 Å². The van der Waals surface area contributed by atoms with E-state index in [-0.39, 0.29) is 11.7 Å². The standard InChI is InChI=1S/C12H13ClN4OS/c1-2-10-15-12(17-16-10)19-7-11(18)14-9-5-3-4-8(13)6-9/h3-6H,2,7H2,1H3,(H,14,18)(H,15,16,17). The molecule has 0 atom stereocenters. The van der Waals surface area contributed by atoms with Crippen molar-refractivity contribution in [2.75, 3.05) is 11.1 Å². The Labute approximate surface area is 120 Å². The second-order valence-corrected chi connectivity index (χ2v) is 5.14. The third kappa shape index (κ3) is 4.25. The molecule has 0 aliphatic rings. The minimum Gasteiger partial charge on any atom is -0.325 e. The van der Waals surface area contributed by atoms with Crippen molar-refractivity contribution in [3.8, 4) is 0 Å². The van der Waals surface area contributed by atoms with Gasteiger partial charge < -0.3 is 5.32 Å². The van der Waals surface area contributed by atoms with Crippen molar-refractivity contribution >= 4 is 35.0 Å². The monoisotopic (exact) mass is 296 g/mol. The second-order valence-electron chi connectivity index (χ2n) is 3.77. The van der Waals surface area contributed by atoms with E-state index < -0.39 is 0 Å². The molecule has 0 fully saturated rings. The zero-order chi connectivity index (χ0) is 13.7. The molecule has 2 N–H and O–H groups in total. The van der Waals surface area contributed by atoms with E-state index in [1.54, 1.807) is 24.3 Å². The molecular weight excluding hydrogens is 284 g/mol. The number of aromatic amines is 1. The van der Waals surface area contributed by atoms with Crippen LogP contribution in [0.2, 0.25) is 5.02 Å². The summed E-state index contributed by atoms with van der Waals surface area (Å²) in [5.41, 5.74) is 0.683. The molecule has 0 saturated carbocycles. The summed E-state index contributed by atoms with van der Waals surface area (Å²) in [6.07, 6.45) is 0.794. The third-order valence-corrected chi connectivity index (χ3v) is 3.37. The minimum atomic E-state index is -0.116. The molecule has 5 nitrogen and oxygen atoms in total. The number of carbonyl (C=O) groups excluding carboxylic acids is 1. The molecule has 1 heterocycles. The van der Waals surface area contributed by atoms with Crippen LogP contribution >= 0.6 is 23.4 Å². The van der Waals surface area contributed by atoms with Gasteiger partial charge in [0.2, 0.25) is 11.1 Å². The summed E-state index contributed by atoms with van der Waals surface area (Å²) < 4.78 is 0. The Morgan fingerprint density at radius 1 is 1.53 bits per heavy atom. The Hall–Kier alpha value is -1.53. The molecule has 2 aromatic rings. The fraction of sp³-hybridized carbons (Fsp3) is 0.250. The van der Waals surface area contributed by atoms with Crippen molar-refractivity contribution in [3.05, 3.63) is 35.1 Å². The number of amides is 1. The largest absolute Gasteiger partial charge is 0.325 e. The van der Waals surface area contributed by atoms with Gasteiger partial charge >= 0.3 is 0 Å². The van der Waals surface area contributed by atoms with Crippen LogP contribution in [0.4, 0.5) is 5.69 Å². The Morgan fingerprint density at radius 2 is 2.37 bits per heavy atom. The summed E-state index contributed by atoms with van der Waals surface area (Å²) in [7, 11) is 0. The average molecular weight is 297 g/mol. The number of rotatable bonds is 5. The lowest BCUT2D eigenvalue weighted by atomic mass is 10.3. The minimum absolute atomic E-state index is 0.116. The van der Waals surface area contributed by atoms with E-state index in [0.29, 0.717) is 15.9 Å². The summed E-state index contributed by atoms with van der Waals surface area (Å²) >= 11 is 7.13. The van der Waals surface area contributed by atoms with E-state index in [4.69, 9.17) is 11.6 Å². The van der Waals surface area contributed by atoms with Crippen LogP contribution in [0.3, 0.4) is 0 Å². The highest BCUT2D eigenvalue weighted by molar-refractivity contribution is 7.99. The van der Waals surface area contributed by atoms with Crippen molar-refractivity contribution in [2.24, 2.45) is 0 Å². The first kappa shape index (κ1) is 13.9. The van der Waals surface area contributed by atoms with Gasteiger partial charge in [-0.2, -0.15) is 0 Å². The van der Waals surface area contributed by atoms with Crippen molar-refractivity contribution in [3.63, 3.8) is 0 Å². The van der Waals surface area contributed by atoms with Crippen molar-refractivity contribution < 1.29 is 4.79 Å². The van der Waals surface area contributed by atoms with Crippen LogP contribution in [-0.4, -0.2) is 26.8 Å². The lowest BCUT2D eigenvalue weighted by molar-refractivity contribution is -0.113. The first-order valence-electron chi connectivity index (χ1n) is 5.77. The maximum Gasteiger partial charge on any atom is 0.234 e. The number of carbonyl (C=O) groups is 1. The Bertz CT molecular complexity index is 572. The molecule has 0 bridgehead atoms. The van der Waals surface area contributed by atoms with Crippen LogP contribution in [0.15, 0.2) is 29.4 Å². The topological polar surface area (TPSA) is 70.7 Å². The predicted octanol–water partition coefficient (Wildman–Crippen LogP) is 2.75. The van der Waals surface area contributed by atoms with E-state index in [2.05, 4.69) is 20.5 Å². The highest BCUT2D eigenvalue weighted by Gasteiger charge is 2.07. The molecule has 7 heteroatoms. The summed E-state index contributed by atoms with van der Waals surface area (Å²) in [5.74, 6) is 0.959. The molecule has 0 aliphatic heterocycles. The zero-order valence-corrected chi connectivity index (χ0v) is 11.9. The number of nitrogens with one attached hydrogen (secondary N) is 2. The lowest BCUT2D eigenvalue weighted by Crippen LogP contribution is -2.14. The number of halogens is 1. The Morgan fingerprint density at radius 3 is 3.05 bits per heavy atom. The van der Waals surface area contributed by atoms with Gasteiger partial charge in [0.25, 0.3) is 0 Å². The molecular formula is C12H13ClN4OS. The predicted molar refractivity (Wildman–Crippen MR) is 76.6 cm³/mol. The molecule has 0 aliphatic carbocycles. The van der Waals surface area contributed by atoms with E-state index in [0.717, 1.165) is 12.2 Å². The molecule has 1 aromatic heterocycles. The maximum atomic E-state index is 11.7. The van der Waals surface area contributed by atoms with Crippen LogP contribution in [0.1, 0.15) is 12.7 Å².